The number of hydrogen-bond acceptors (Lipinski definition) is 5. The summed E-state index contributed by atoms with van der Waals surface area (Å²) in [4.78, 5) is 14.9. The standard InChI is InChI=1S/C17H26N2O4/c1-21-12-11-19-9-7-13(8-10-19)18-17(20)14-5-4-6-15(22-2)16(14)23-3/h4-6,13H,7-12H2,1-3H3,(H,18,20). The zero-order valence-corrected chi connectivity index (χ0v) is 14.1. The number of rotatable bonds is 7. The van der Waals surface area contributed by atoms with Crippen LogP contribution in [0.4, 0.5) is 0 Å². The van der Waals surface area contributed by atoms with E-state index in [2.05, 4.69) is 10.2 Å². The van der Waals surface area contributed by atoms with Gasteiger partial charge in [0.15, 0.2) is 11.5 Å². The van der Waals surface area contributed by atoms with Crippen molar-refractivity contribution >= 4 is 5.91 Å². The lowest BCUT2D eigenvalue weighted by Crippen LogP contribution is -2.45. The molecule has 0 spiro atoms. The van der Waals surface area contributed by atoms with Gasteiger partial charge in [-0.25, -0.2) is 0 Å². The number of nitrogens with zero attached hydrogens (tertiary/aromatic N) is 1. The first-order chi connectivity index (χ1) is 11.2. The van der Waals surface area contributed by atoms with Crippen LogP contribution in [0, 0.1) is 0 Å². The molecule has 1 heterocycles. The SMILES string of the molecule is COCCN1CCC(NC(=O)c2cccc(OC)c2OC)CC1. The van der Waals surface area contributed by atoms with Gasteiger partial charge in [0.05, 0.1) is 26.4 Å². The predicted molar refractivity (Wildman–Crippen MR) is 88.4 cm³/mol. The number of carbonyl (C=O) groups excluding carboxylic acids is 1. The molecule has 1 N–H and O–H groups in total. The Kier molecular flexibility index (Phi) is 6.67. The van der Waals surface area contributed by atoms with E-state index in [1.165, 1.54) is 0 Å². The number of benzene rings is 1. The van der Waals surface area contributed by atoms with E-state index in [0.29, 0.717) is 17.1 Å². The largest absolute Gasteiger partial charge is 0.493 e. The number of amides is 1. The van der Waals surface area contributed by atoms with Crippen LogP contribution in [0.2, 0.25) is 0 Å². The summed E-state index contributed by atoms with van der Waals surface area (Å²) in [7, 11) is 4.83. The van der Waals surface area contributed by atoms with Gasteiger partial charge in [0, 0.05) is 32.8 Å². The van der Waals surface area contributed by atoms with Gasteiger partial charge >= 0.3 is 0 Å². The van der Waals surface area contributed by atoms with Crippen molar-refractivity contribution in [3.63, 3.8) is 0 Å². The van der Waals surface area contributed by atoms with Crippen molar-refractivity contribution < 1.29 is 19.0 Å². The summed E-state index contributed by atoms with van der Waals surface area (Å²) in [5, 5.41) is 3.11. The maximum absolute atomic E-state index is 12.5. The molecule has 0 aliphatic carbocycles. The molecule has 0 atom stereocenters. The van der Waals surface area contributed by atoms with Gasteiger partial charge in [-0.15, -0.1) is 0 Å². The minimum atomic E-state index is -0.115. The molecule has 1 fully saturated rings. The molecular weight excluding hydrogens is 296 g/mol. The molecule has 1 amide bonds. The smallest absolute Gasteiger partial charge is 0.255 e. The number of hydrogen-bond donors (Lipinski definition) is 1. The summed E-state index contributed by atoms with van der Waals surface area (Å²) < 4.78 is 15.7. The Morgan fingerprint density at radius 2 is 1.96 bits per heavy atom. The third-order valence-corrected chi connectivity index (χ3v) is 4.18. The van der Waals surface area contributed by atoms with Crippen molar-refractivity contribution in [2.75, 3.05) is 47.6 Å². The predicted octanol–water partition coefficient (Wildman–Crippen LogP) is 1.54. The Morgan fingerprint density at radius 3 is 2.57 bits per heavy atom. The number of para-hydroxylation sites is 1. The maximum atomic E-state index is 12.5. The lowest BCUT2D eigenvalue weighted by atomic mass is 10.0. The molecule has 1 aromatic carbocycles. The summed E-state index contributed by atoms with van der Waals surface area (Å²) in [5.74, 6) is 0.927. The summed E-state index contributed by atoms with van der Waals surface area (Å²) >= 11 is 0. The average Bonchev–Trinajstić information content (AvgIpc) is 2.60. The number of carbonyl (C=O) groups is 1. The van der Waals surface area contributed by atoms with Gasteiger partial charge in [-0.05, 0) is 25.0 Å². The monoisotopic (exact) mass is 322 g/mol. The van der Waals surface area contributed by atoms with E-state index in [9.17, 15) is 4.79 Å². The van der Waals surface area contributed by atoms with Crippen LogP contribution in [-0.4, -0.2) is 64.4 Å². The van der Waals surface area contributed by atoms with Gasteiger partial charge in [-0.2, -0.15) is 0 Å². The van der Waals surface area contributed by atoms with Crippen LogP contribution < -0.4 is 14.8 Å². The highest BCUT2D eigenvalue weighted by Crippen LogP contribution is 2.30. The fraction of sp³-hybridized carbons (Fsp3) is 0.588. The summed E-state index contributed by atoms with van der Waals surface area (Å²) in [5.41, 5.74) is 0.508. The Morgan fingerprint density at radius 1 is 1.22 bits per heavy atom. The first kappa shape index (κ1) is 17.6. The van der Waals surface area contributed by atoms with Crippen LogP contribution in [0.5, 0.6) is 11.5 Å². The fourth-order valence-corrected chi connectivity index (χ4v) is 2.85. The fourth-order valence-electron chi connectivity index (χ4n) is 2.85. The second kappa shape index (κ2) is 8.74. The van der Waals surface area contributed by atoms with Gasteiger partial charge in [0.1, 0.15) is 0 Å². The zero-order valence-electron chi connectivity index (χ0n) is 14.1. The highest BCUT2D eigenvalue weighted by Gasteiger charge is 2.23. The van der Waals surface area contributed by atoms with Gasteiger partial charge < -0.3 is 24.4 Å². The van der Waals surface area contributed by atoms with Gasteiger partial charge in [0.2, 0.25) is 0 Å². The van der Waals surface area contributed by atoms with E-state index in [-0.39, 0.29) is 11.9 Å². The van der Waals surface area contributed by atoms with E-state index < -0.39 is 0 Å². The van der Waals surface area contributed by atoms with Gasteiger partial charge in [0.25, 0.3) is 5.91 Å². The quantitative estimate of drug-likeness (QED) is 0.825. The Bertz CT molecular complexity index is 513. The van der Waals surface area contributed by atoms with Crippen LogP contribution in [0.1, 0.15) is 23.2 Å². The molecule has 0 aromatic heterocycles. The summed E-state index contributed by atoms with van der Waals surface area (Å²) in [6.45, 7) is 3.64. The lowest BCUT2D eigenvalue weighted by molar-refractivity contribution is 0.0889. The van der Waals surface area contributed by atoms with Crippen LogP contribution in [0.15, 0.2) is 18.2 Å². The normalized spacial score (nSPS) is 16.1. The molecule has 0 radical (unpaired) electrons. The van der Waals surface area contributed by atoms with Crippen molar-refractivity contribution in [2.24, 2.45) is 0 Å². The molecule has 1 aliphatic rings. The third kappa shape index (κ3) is 4.59. The molecule has 1 aromatic rings. The Labute approximate surface area is 137 Å². The topological polar surface area (TPSA) is 60.0 Å². The zero-order chi connectivity index (χ0) is 16.7. The van der Waals surface area contributed by atoms with E-state index >= 15 is 0 Å². The second-order valence-corrected chi connectivity index (χ2v) is 5.62. The highest BCUT2D eigenvalue weighted by atomic mass is 16.5. The molecule has 23 heavy (non-hydrogen) atoms. The molecule has 1 aliphatic heterocycles. The van der Waals surface area contributed by atoms with Crippen molar-refractivity contribution in [1.82, 2.24) is 10.2 Å². The number of nitrogens with one attached hydrogen (secondary N) is 1. The number of piperidine rings is 1. The average molecular weight is 322 g/mol. The third-order valence-electron chi connectivity index (χ3n) is 4.18. The van der Waals surface area contributed by atoms with E-state index in [4.69, 9.17) is 14.2 Å². The van der Waals surface area contributed by atoms with Gasteiger partial charge in [-0.1, -0.05) is 6.07 Å². The second-order valence-electron chi connectivity index (χ2n) is 5.62. The molecule has 0 saturated carbocycles. The van der Waals surface area contributed by atoms with Crippen LogP contribution >= 0.6 is 0 Å². The summed E-state index contributed by atoms with van der Waals surface area (Å²) in [6, 6.07) is 5.52. The first-order valence-corrected chi connectivity index (χ1v) is 7.92. The molecular formula is C17H26N2O4. The van der Waals surface area contributed by atoms with Crippen molar-refractivity contribution in [1.29, 1.82) is 0 Å². The van der Waals surface area contributed by atoms with Crippen molar-refractivity contribution in [3.8, 4) is 11.5 Å². The maximum Gasteiger partial charge on any atom is 0.255 e. The number of likely N-dealkylation sites (tertiary alicyclic amines) is 1. The van der Waals surface area contributed by atoms with Crippen molar-refractivity contribution in [2.45, 2.75) is 18.9 Å². The molecule has 2 rings (SSSR count). The van der Waals surface area contributed by atoms with E-state index in [0.717, 1.165) is 39.1 Å². The summed E-state index contributed by atoms with van der Waals surface area (Å²) in [6.07, 6.45) is 1.89. The number of methoxy groups -OCH3 is 3. The highest BCUT2D eigenvalue weighted by molar-refractivity contribution is 5.98. The minimum absolute atomic E-state index is 0.115. The Hall–Kier alpha value is -1.79. The van der Waals surface area contributed by atoms with Gasteiger partial charge in [-0.3, -0.25) is 4.79 Å². The molecule has 0 unspecified atom stereocenters. The minimum Gasteiger partial charge on any atom is -0.493 e. The van der Waals surface area contributed by atoms with Crippen molar-refractivity contribution in [3.05, 3.63) is 23.8 Å². The van der Waals surface area contributed by atoms with Crippen LogP contribution in [0.25, 0.3) is 0 Å². The molecule has 128 valence electrons. The van der Waals surface area contributed by atoms with E-state index in [1.54, 1.807) is 39.5 Å². The van der Waals surface area contributed by atoms with Crippen LogP contribution in [0.3, 0.4) is 0 Å². The molecule has 0 bridgehead atoms. The molecule has 6 nitrogen and oxygen atoms in total. The molecule has 6 heteroatoms. The lowest BCUT2D eigenvalue weighted by Gasteiger charge is -2.32. The molecule has 1 saturated heterocycles. The first-order valence-electron chi connectivity index (χ1n) is 7.92. The van der Waals surface area contributed by atoms with Crippen LogP contribution in [-0.2, 0) is 4.74 Å². The van der Waals surface area contributed by atoms with E-state index in [1.807, 2.05) is 0 Å². The Balaban J connectivity index is 1.93. The number of ether oxygens (including phenoxy) is 3.